The Kier molecular flexibility index (Phi) is 6.89. The van der Waals surface area contributed by atoms with Gasteiger partial charge in [-0.25, -0.2) is 4.68 Å². The molecular formula is C29H28N4O4. The highest BCUT2D eigenvalue weighted by atomic mass is 16.5. The van der Waals surface area contributed by atoms with Crippen LogP contribution in [0.4, 0.5) is 0 Å². The third kappa shape index (κ3) is 4.91. The summed E-state index contributed by atoms with van der Waals surface area (Å²) >= 11 is 0. The summed E-state index contributed by atoms with van der Waals surface area (Å²) in [4.78, 5) is 30.1. The fourth-order valence-electron chi connectivity index (χ4n) is 4.49. The minimum absolute atomic E-state index is 0.0212. The van der Waals surface area contributed by atoms with Crippen molar-refractivity contribution in [3.63, 3.8) is 0 Å². The number of carbonyl (C=O) groups excluding carboxylic acids is 2. The average molecular weight is 497 g/mol. The smallest absolute Gasteiger partial charge is 0.275 e. The van der Waals surface area contributed by atoms with Crippen LogP contribution in [0.1, 0.15) is 20.8 Å². The van der Waals surface area contributed by atoms with Crippen LogP contribution in [0.5, 0.6) is 11.5 Å². The Bertz CT molecular complexity index is 1390. The second kappa shape index (κ2) is 10.6. The zero-order chi connectivity index (χ0) is 25.8. The maximum atomic E-state index is 13.8. The minimum atomic E-state index is -0.175. The van der Waals surface area contributed by atoms with Crippen LogP contribution < -0.4 is 9.47 Å². The largest absolute Gasteiger partial charge is 0.493 e. The molecule has 1 aliphatic rings. The van der Waals surface area contributed by atoms with E-state index in [1.54, 1.807) is 28.7 Å². The maximum absolute atomic E-state index is 13.8. The Balaban J connectivity index is 1.43. The van der Waals surface area contributed by atoms with Crippen LogP contribution in [0.25, 0.3) is 16.8 Å². The number of para-hydroxylation sites is 1. The molecule has 1 aliphatic heterocycles. The van der Waals surface area contributed by atoms with Crippen LogP contribution in [0.2, 0.25) is 0 Å². The summed E-state index contributed by atoms with van der Waals surface area (Å²) in [5.41, 5.74) is 3.33. The molecule has 0 unspecified atom stereocenters. The molecule has 1 aromatic heterocycles. The summed E-state index contributed by atoms with van der Waals surface area (Å²) in [5, 5.41) is 4.70. The number of carbonyl (C=O) groups is 2. The Morgan fingerprint density at radius 2 is 1.32 bits per heavy atom. The molecule has 0 spiro atoms. The van der Waals surface area contributed by atoms with Crippen molar-refractivity contribution in [1.82, 2.24) is 19.6 Å². The van der Waals surface area contributed by atoms with Gasteiger partial charge in [0.15, 0.2) is 17.2 Å². The van der Waals surface area contributed by atoms with Crippen LogP contribution in [0.3, 0.4) is 0 Å². The van der Waals surface area contributed by atoms with E-state index in [0.29, 0.717) is 54.5 Å². The molecule has 8 nitrogen and oxygen atoms in total. The van der Waals surface area contributed by atoms with Gasteiger partial charge < -0.3 is 19.3 Å². The first-order chi connectivity index (χ1) is 18.1. The number of hydrogen-bond donors (Lipinski definition) is 0. The zero-order valence-electron chi connectivity index (χ0n) is 20.8. The van der Waals surface area contributed by atoms with Gasteiger partial charge in [-0.05, 0) is 42.0 Å². The fraction of sp³-hybridized carbons (Fsp3) is 0.207. The van der Waals surface area contributed by atoms with Crippen molar-refractivity contribution >= 4 is 11.8 Å². The van der Waals surface area contributed by atoms with E-state index >= 15 is 0 Å². The Labute approximate surface area is 215 Å². The Morgan fingerprint density at radius 3 is 1.95 bits per heavy atom. The summed E-state index contributed by atoms with van der Waals surface area (Å²) in [7, 11) is 3.17. The fourth-order valence-corrected chi connectivity index (χ4v) is 4.49. The zero-order valence-corrected chi connectivity index (χ0v) is 20.8. The van der Waals surface area contributed by atoms with Crippen LogP contribution in [0, 0.1) is 0 Å². The molecule has 1 saturated heterocycles. The molecule has 0 N–H and O–H groups in total. The van der Waals surface area contributed by atoms with Gasteiger partial charge in [-0.1, -0.05) is 42.5 Å². The second-order valence-electron chi connectivity index (χ2n) is 8.69. The first kappa shape index (κ1) is 24.1. The molecule has 0 atom stereocenters. The summed E-state index contributed by atoms with van der Waals surface area (Å²) in [6.07, 6.45) is 1.86. The summed E-state index contributed by atoms with van der Waals surface area (Å²) in [6, 6.07) is 24.4. The lowest BCUT2D eigenvalue weighted by atomic mass is 10.0. The first-order valence-corrected chi connectivity index (χ1v) is 12.1. The maximum Gasteiger partial charge on any atom is 0.275 e. The first-order valence-electron chi connectivity index (χ1n) is 12.1. The molecule has 8 heteroatoms. The number of nitrogens with zero attached hydrogens (tertiary/aromatic N) is 4. The predicted octanol–water partition coefficient (Wildman–Crippen LogP) is 4.15. The molecule has 5 rings (SSSR count). The molecule has 0 saturated carbocycles. The summed E-state index contributed by atoms with van der Waals surface area (Å²) in [6.45, 7) is 1.79. The molecule has 0 bridgehead atoms. The Morgan fingerprint density at radius 1 is 0.730 bits per heavy atom. The third-order valence-corrected chi connectivity index (χ3v) is 6.51. The molecule has 1 fully saturated rings. The Hall–Kier alpha value is -4.59. The molecule has 4 aromatic rings. The number of ether oxygens (including phenoxy) is 2. The van der Waals surface area contributed by atoms with Gasteiger partial charge in [-0.15, -0.1) is 0 Å². The predicted molar refractivity (Wildman–Crippen MR) is 140 cm³/mol. The number of piperazine rings is 1. The standard InChI is InChI=1S/C29H28N4O4/c1-36-25-14-13-22(19-26(25)37-2)24-20-33(23-11-7-4-8-12-23)30-27(24)29(35)32-17-15-31(16-18-32)28(34)21-9-5-3-6-10-21/h3-14,19-20H,15-18H2,1-2H3. The lowest BCUT2D eigenvalue weighted by Crippen LogP contribution is -2.50. The van der Waals surface area contributed by atoms with E-state index in [-0.39, 0.29) is 11.8 Å². The summed E-state index contributed by atoms with van der Waals surface area (Å²) in [5.74, 6) is 0.978. The van der Waals surface area contributed by atoms with E-state index in [9.17, 15) is 9.59 Å². The molecule has 2 heterocycles. The number of methoxy groups -OCH3 is 2. The molecule has 0 aliphatic carbocycles. The van der Waals surface area contributed by atoms with Crippen LogP contribution >= 0.6 is 0 Å². The van der Waals surface area contributed by atoms with E-state index in [0.717, 1.165) is 11.3 Å². The number of aromatic nitrogens is 2. The quantitative estimate of drug-likeness (QED) is 0.401. The average Bonchev–Trinajstić information content (AvgIpc) is 3.42. The van der Waals surface area contributed by atoms with Crippen LogP contribution in [0.15, 0.2) is 85.1 Å². The van der Waals surface area contributed by atoms with Crippen molar-refractivity contribution in [2.45, 2.75) is 0 Å². The molecule has 0 radical (unpaired) electrons. The van der Waals surface area contributed by atoms with E-state index in [1.807, 2.05) is 85.1 Å². The van der Waals surface area contributed by atoms with Crippen molar-refractivity contribution in [3.05, 3.63) is 96.3 Å². The van der Waals surface area contributed by atoms with Crippen molar-refractivity contribution < 1.29 is 19.1 Å². The normalized spacial score (nSPS) is 13.4. The van der Waals surface area contributed by atoms with Gasteiger partial charge in [0.1, 0.15) is 0 Å². The number of hydrogen-bond acceptors (Lipinski definition) is 5. The molecular weight excluding hydrogens is 468 g/mol. The van der Waals surface area contributed by atoms with E-state index in [1.165, 1.54) is 0 Å². The van der Waals surface area contributed by atoms with Crippen molar-refractivity contribution in [3.8, 4) is 28.3 Å². The van der Waals surface area contributed by atoms with Crippen LogP contribution in [-0.2, 0) is 0 Å². The molecule has 37 heavy (non-hydrogen) atoms. The highest BCUT2D eigenvalue weighted by Gasteiger charge is 2.29. The van der Waals surface area contributed by atoms with Gasteiger partial charge in [0.25, 0.3) is 11.8 Å². The van der Waals surface area contributed by atoms with Gasteiger partial charge in [0, 0.05) is 43.5 Å². The van der Waals surface area contributed by atoms with E-state index in [4.69, 9.17) is 14.6 Å². The van der Waals surface area contributed by atoms with E-state index in [2.05, 4.69) is 0 Å². The lowest BCUT2D eigenvalue weighted by molar-refractivity contribution is 0.0532. The topological polar surface area (TPSA) is 76.9 Å². The van der Waals surface area contributed by atoms with Gasteiger partial charge in [0.05, 0.1) is 19.9 Å². The highest BCUT2D eigenvalue weighted by Crippen LogP contribution is 2.34. The molecule has 3 aromatic carbocycles. The second-order valence-corrected chi connectivity index (χ2v) is 8.69. The molecule has 188 valence electrons. The van der Waals surface area contributed by atoms with Gasteiger partial charge >= 0.3 is 0 Å². The summed E-state index contributed by atoms with van der Waals surface area (Å²) < 4.78 is 12.6. The number of amides is 2. The van der Waals surface area contributed by atoms with Gasteiger partial charge in [-0.3, -0.25) is 9.59 Å². The van der Waals surface area contributed by atoms with Gasteiger partial charge in [-0.2, -0.15) is 5.10 Å². The van der Waals surface area contributed by atoms with Crippen LogP contribution in [-0.4, -0.2) is 71.8 Å². The SMILES string of the molecule is COc1ccc(-c2cn(-c3ccccc3)nc2C(=O)N2CCN(C(=O)c3ccccc3)CC2)cc1OC. The molecule has 2 amide bonds. The minimum Gasteiger partial charge on any atom is -0.493 e. The van der Waals surface area contributed by atoms with Crippen molar-refractivity contribution in [1.29, 1.82) is 0 Å². The lowest BCUT2D eigenvalue weighted by Gasteiger charge is -2.34. The number of rotatable bonds is 6. The monoisotopic (exact) mass is 496 g/mol. The number of benzene rings is 3. The van der Waals surface area contributed by atoms with E-state index < -0.39 is 0 Å². The van der Waals surface area contributed by atoms with Crippen molar-refractivity contribution in [2.24, 2.45) is 0 Å². The van der Waals surface area contributed by atoms with Gasteiger partial charge in [0.2, 0.25) is 0 Å². The van der Waals surface area contributed by atoms with Crippen molar-refractivity contribution in [2.75, 3.05) is 40.4 Å². The highest BCUT2D eigenvalue weighted by molar-refractivity contribution is 5.99. The third-order valence-electron chi connectivity index (χ3n) is 6.51.